The normalized spacial score (nSPS) is 15.9. The fourth-order valence-electron chi connectivity index (χ4n) is 8.75. The third-order valence-corrected chi connectivity index (χ3v) is 13.7. The molecule has 2 aromatic carbocycles. The number of likely N-dealkylation sites (tertiary alicyclic amines) is 1. The van der Waals surface area contributed by atoms with Crippen LogP contribution >= 0.6 is 11.8 Å². The first-order valence-corrected chi connectivity index (χ1v) is 28.2. The first-order valence-electron chi connectivity index (χ1n) is 26.8. The van der Waals surface area contributed by atoms with Gasteiger partial charge in [-0.1, -0.05) is 56.3 Å². The molecule has 2 aromatic rings. The average Bonchev–Trinajstić information content (AvgIpc) is 3.95. The van der Waals surface area contributed by atoms with Crippen LogP contribution < -0.4 is 60.2 Å². The van der Waals surface area contributed by atoms with E-state index in [9.17, 15) is 68.4 Å². The Morgan fingerprint density at radius 3 is 1.83 bits per heavy atom. The second kappa shape index (κ2) is 35.2. The summed E-state index contributed by atoms with van der Waals surface area (Å²) in [6.45, 7) is 3.07. The van der Waals surface area contributed by atoms with Crippen molar-refractivity contribution in [1.82, 2.24) is 42.1 Å². The number of thioether (sulfide) groups is 1. The molecule has 19 N–H and O–H groups in total. The van der Waals surface area contributed by atoms with Crippen molar-refractivity contribution in [3.63, 3.8) is 0 Å². The summed E-state index contributed by atoms with van der Waals surface area (Å²) in [5, 5.41) is 57.3. The lowest BCUT2D eigenvalue weighted by Gasteiger charge is -2.31. The molecule has 1 aliphatic rings. The molecule has 8 amide bonds. The van der Waals surface area contributed by atoms with Gasteiger partial charge in [0, 0.05) is 19.5 Å². The smallest absolute Gasteiger partial charge is 0.326 e. The van der Waals surface area contributed by atoms with Crippen LogP contribution in [0, 0.1) is 5.92 Å². The Morgan fingerprint density at radius 2 is 1.22 bits per heavy atom. The lowest BCUT2D eigenvalue weighted by Crippen LogP contribution is -2.61. The number of phenolic OH excluding ortho intramolecular Hbond substituents is 1. The maximum absolute atomic E-state index is 14.4. The standard InChI is InChI=1S/C53H81N13O14S/c1-30(2)25-38(46(73)61-37(52(79)80)14-9-22-58-53(56)57)64-50(77)42-15-10-23-66(42)51(78)36(20-24-81-3)60-48(75)40(28-43(69)70)63-45(72)35(13-7-8-21-54)59-47(74)39(27-31-11-5-4-6-12-31)62-49(76)41(29-67)65-44(71)34(55)26-32-16-18-33(68)19-17-32/h4-6,11-12,16-19,30,34-42,67-68H,7-10,13-15,20-29,54-55H2,1-3H3,(H,59,74)(H,60,75)(H,61,73)(H,62,76)(H,63,72)(H,64,77)(H,65,71)(H,69,70)(H,79,80)(H4,56,57,58)/t34-,35-,36-,37-,38-,39-,40-,41-,42-/m0/s1. The summed E-state index contributed by atoms with van der Waals surface area (Å²) in [6.07, 6.45) is 2.03. The fraction of sp³-hybridized carbons (Fsp3) is 0.566. The van der Waals surface area contributed by atoms with Gasteiger partial charge in [-0.2, -0.15) is 11.8 Å². The number of guanidine groups is 1. The number of carboxylic acid groups (broad SMARTS) is 2. The van der Waals surface area contributed by atoms with E-state index in [1.54, 1.807) is 62.6 Å². The van der Waals surface area contributed by atoms with E-state index in [-0.39, 0.29) is 95.0 Å². The summed E-state index contributed by atoms with van der Waals surface area (Å²) in [4.78, 5) is 141. The molecule has 1 saturated heterocycles. The number of aromatic hydroxyl groups is 1. The molecule has 0 aromatic heterocycles. The highest BCUT2D eigenvalue weighted by atomic mass is 32.2. The number of nitrogens with two attached hydrogens (primary N) is 4. The lowest BCUT2D eigenvalue weighted by atomic mass is 10.0. The van der Waals surface area contributed by atoms with Crippen molar-refractivity contribution in [2.45, 2.75) is 145 Å². The van der Waals surface area contributed by atoms with Crippen molar-refractivity contribution in [3.8, 4) is 5.75 Å². The van der Waals surface area contributed by atoms with Crippen molar-refractivity contribution in [2.75, 3.05) is 38.2 Å². The molecule has 0 saturated carbocycles. The molecule has 0 unspecified atom stereocenters. The van der Waals surface area contributed by atoms with Crippen LogP contribution in [-0.4, -0.2) is 183 Å². The van der Waals surface area contributed by atoms with E-state index in [0.29, 0.717) is 29.7 Å². The molecule has 0 bridgehead atoms. The van der Waals surface area contributed by atoms with E-state index < -0.39 is 127 Å². The molecule has 27 nitrogen and oxygen atoms in total. The molecule has 9 atom stereocenters. The van der Waals surface area contributed by atoms with Gasteiger partial charge in [0.25, 0.3) is 0 Å². The molecule has 28 heteroatoms. The molecule has 0 spiro atoms. The minimum absolute atomic E-state index is 0.00115. The zero-order valence-corrected chi connectivity index (χ0v) is 46.8. The number of carbonyl (C=O) groups excluding carboxylic acids is 8. The number of amides is 8. The molecular formula is C53H81N13O14S. The number of benzene rings is 2. The SMILES string of the molecule is CSCC[C@H](NC(=O)[C@H](CC(=O)O)NC(=O)[C@H](CCCCN)NC(=O)[C@H](Cc1ccccc1)NC(=O)[C@H](CO)NC(=O)[C@@H](N)Cc1ccc(O)cc1)C(=O)N1CCC[C@H]1C(=O)N[C@@H](CC(C)C)C(=O)N[C@@H](CCCN=C(N)N)C(=O)O. The zero-order chi connectivity index (χ0) is 60.2. The van der Waals surface area contributed by atoms with Gasteiger partial charge in [0.05, 0.1) is 19.1 Å². The Kier molecular flexibility index (Phi) is 29.5. The van der Waals surface area contributed by atoms with Gasteiger partial charge >= 0.3 is 11.9 Å². The Balaban J connectivity index is 1.84. The van der Waals surface area contributed by atoms with Crippen molar-refractivity contribution in [1.29, 1.82) is 0 Å². The predicted octanol–water partition coefficient (Wildman–Crippen LogP) is -2.58. The van der Waals surface area contributed by atoms with Crippen LogP contribution in [0.4, 0.5) is 0 Å². The van der Waals surface area contributed by atoms with Gasteiger partial charge in [0.2, 0.25) is 47.3 Å². The zero-order valence-electron chi connectivity index (χ0n) is 46.0. The number of phenols is 1. The molecule has 448 valence electrons. The minimum atomic E-state index is -1.82. The van der Waals surface area contributed by atoms with Crippen molar-refractivity contribution in [2.24, 2.45) is 33.8 Å². The number of hydrogen-bond acceptors (Lipinski definition) is 16. The van der Waals surface area contributed by atoms with Crippen LogP contribution in [-0.2, 0) is 60.8 Å². The van der Waals surface area contributed by atoms with Gasteiger partial charge in [-0.05, 0) is 112 Å². The second-order valence-electron chi connectivity index (χ2n) is 20.0. The molecule has 0 aliphatic carbocycles. The third-order valence-electron chi connectivity index (χ3n) is 13.0. The van der Waals surface area contributed by atoms with E-state index in [1.807, 2.05) is 0 Å². The average molecular weight is 1160 g/mol. The Labute approximate surface area is 474 Å². The molecule has 1 aliphatic heterocycles. The molecule has 0 radical (unpaired) electrons. The number of nitrogens with one attached hydrogen (secondary N) is 7. The van der Waals surface area contributed by atoms with Crippen LogP contribution in [0.25, 0.3) is 0 Å². The van der Waals surface area contributed by atoms with E-state index in [2.05, 4.69) is 42.2 Å². The highest BCUT2D eigenvalue weighted by molar-refractivity contribution is 7.98. The maximum atomic E-state index is 14.4. The van der Waals surface area contributed by atoms with Gasteiger partial charge in [-0.15, -0.1) is 0 Å². The number of hydrogen-bond donors (Lipinski definition) is 15. The van der Waals surface area contributed by atoms with Crippen LogP contribution in [0.5, 0.6) is 5.75 Å². The fourth-order valence-corrected chi connectivity index (χ4v) is 9.22. The molecular weight excluding hydrogens is 1070 g/mol. The lowest BCUT2D eigenvalue weighted by molar-refractivity contribution is -0.144. The summed E-state index contributed by atoms with van der Waals surface area (Å²) in [5.74, 6) is -9.80. The number of carbonyl (C=O) groups is 10. The number of carboxylic acids is 2. The van der Waals surface area contributed by atoms with Crippen LogP contribution in [0.1, 0.15) is 89.2 Å². The second-order valence-corrected chi connectivity index (χ2v) is 21.0. The van der Waals surface area contributed by atoms with Crippen LogP contribution in [0.15, 0.2) is 59.6 Å². The van der Waals surface area contributed by atoms with Gasteiger partial charge in [-0.25, -0.2) is 4.79 Å². The van der Waals surface area contributed by atoms with Crippen LogP contribution in [0.2, 0.25) is 0 Å². The number of aliphatic carboxylic acids is 2. The number of unbranched alkanes of at least 4 members (excludes halogenated alkanes) is 1. The molecule has 1 fully saturated rings. The van der Waals surface area contributed by atoms with Crippen molar-refractivity contribution in [3.05, 3.63) is 65.7 Å². The van der Waals surface area contributed by atoms with Crippen molar-refractivity contribution < 1.29 is 68.4 Å². The van der Waals surface area contributed by atoms with Gasteiger partial charge in [0.1, 0.15) is 54.1 Å². The quantitative estimate of drug-likeness (QED) is 0.0189. The van der Waals surface area contributed by atoms with E-state index in [0.717, 1.165) is 0 Å². The van der Waals surface area contributed by atoms with E-state index >= 15 is 0 Å². The summed E-state index contributed by atoms with van der Waals surface area (Å²) in [6, 6.07) is 1.87. The van der Waals surface area contributed by atoms with Gasteiger partial charge in [-0.3, -0.25) is 48.1 Å². The molecule has 3 rings (SSSR count). The Bertz CT molecular complexity index is 2450. The molecule has 81 heavy (non-hydrogen) atoms. The summed E-state index contributed by atoms with van der Waals surface area (Å²) in [7, 11) is 0. The first-order chi connectivity index (χ1) is 38.5. The summed E-state index contributed by atoms with van der Waals surface area (Å²) >= 11 is 1.33. The van der Waals surface area contributed by atoms with Crippen molar-refractivity contribution >= 4 is 76.9 Å². The topological polar surface area (TPSA) is 456 Å². The number of nitrogens with zero attached hydrogens (tertiary/aromatic N) is 2. The minimum Gasteiger partial charge on any atom is -0.508 e. The van der Waals surface area contributed by atoms with E-state index in [1.165, 1.54) is 28.8 Å². The highest BCUT2D eigenvalue weighted by Crippen LogP contribution is 2.21. The number of rotatable bonds is 36. The third kappa shape index (κ3) is 24.0. The number of aliphatic imine (C=N–C) groups is 1. The van der Waals surface area contributed by atoms with Crippen LogP contribution in [0.3, 0.4) is 0 Å². The Hall–Kier alpha value is -7.56. The summed E-state index contributed by atoms with van der Waals surface area (Å²) < 4.78 is 0. The monoisotopic (exact) mass is 1160 g/mol. The Morgan fingerprint density at radius 1 is 0.667 bits per heavy atom. The van der Waals surface area contributed by atoms with Gasteiger partial charge < -0.3 is 85.5 Å². The number of aliphatic hydroxyl groups is 1. The van der Waals surface area contributed by atoms with Gasteiger partial charge in [0.15, 0.2) is 5.96 Å². The first kappa shape index (κ1) is 67.7. The number of aliphatic hydroxyl groups excluding tert-OH is 1. The molecule has 1 heterocycles. The predicted molar refractivity (Wildman–Crippen MR) is 300 cm³/mol. The largest absolute Gasteiger partial charge is 0.508 e. The maximum Gasteiger partial charge on any atom is 0.326 e. The highest BCUT2D eigenvalue weighted by Gasteiger charge is 2.41. The summed E-state index contributed by atoms with van der Waals surface area (Å²) in [5.41, 5.74) is 23.7. The van der Waals surface area contributed by atoms with E-state index in [4.69, 9.17) is 22.9 Å².